The fraction of sp³-hybridized carbons (Fsp3) is 0. The first kappa shape index (κ1) is 14.0. The molecule has 0 aliphatic carbocycles. The van der Waals surface area contributed by atoms with Gasteiger partial charge in [0.2, 0.25) is 5.78 Å². The van der Waals surface area contributed by atoms with Crippen LogP contribution in [0.5, 0.6) is 5.19 Å². The molecule has 0 aliphatic heterocycles. The van der Waals surface area contributed by atoms with Crippen LogP contribution in [0.3, 0.4) is 0 Å². The molecule has 0 saturated heterocycles. The minimum atomic E-state index is -0.864. The molecule has 0 saturated carbocycles. The monoisotopic (exact) mass is 343 g/mol. The number of rotatable bonds is 3. The first-order valence-corrected chi connectivity index (χ1v) is 8.16. The van der Waals surface area contributed by atoms with Crippen LogP contribution in [0.15, 0.2) is 52.8 Å². The second kappa shape index (κ2) is 5.52. The number of aromatic nitrogens is 4. The number of ether oxygens (including phenoxy) is 1. The number of carbonyl (C=O) groups excluding carboxylic acids is 1. The fourth-order valence-corrected chi connectivity index (χ4v) is 3.91. The van der Waals surface area contributed by atoms with Crippen LogP contribution >= 0.6 is 23.1 Å². The molecule has 9 heteroatoms. The summed E-state index contributed by atoms with van der Waals surface area (Å²) in [7, 11) is 0. The maximum absolute atomic E-state index is 10.8. The number of thiazole rings is 1. The number of amides is 1. The van der Waals surface area contributed by atoms with Gasteiger partial charge in [0.15, 0.2) is 0 Å². The van der Waals surface area contributed by atoms with Gasteiger partial charge in [-0.25, -0.2) is 19.7 Å². The van der Waals surface area contributed by atoms with Crippen LogP contribution in [-0.4, -0.2) is 25.4 Å². The van der Waals surface area contributed by atoms with Crippen molar-refractivity contribution in [2.75, 3.05) is 0 Å². The molecule has 4 rings (SSSR count). The molecule has 0 fully saturated rings. The third-order valence-corrected chi connectivity index (χ3v) is 4.90. The highest BCUT2D eigenvalue weighted by atomic mass is 32.2. The fourth-order valence-electron chi connectivity index (χ4n) is 2.08. The Bertz CT molecular complexity index is 1030. The topological polar surface area (TPSA) is 95.4 Å². The van der Waals surface area contributed by atoms with E-state index in [0.717, 1.165) is 20.1 Å². The molecule has 4 aromatic rings. The zero-order valence-corrected chi connectivity index (χ0v) is 13.2. The summed E-state index contributed by atoms with van der Waals surface area (Å²) in [4.78, 5) is 24.5. The van der Waals surface area contributed by atoms with Crippen molar-refractivity contribution < 1.29 is 9.53 Å². The van der Waals surface area contributed by atoms with Gasteiger partial charge >= 0.3 is 6.09 Å². The van der Waals surface area contributed by atoms with Gasteiger partial charge in [-0.1, -0.05) is 23.1 Å². The van der Waals surface area contributed by atoms with Crippen molar-refractivity contribution in [2.45, 2.75) is 9.92 Å². The molecule has 7 nitrogen and oxygen atoms in total. The Balaban J connectivity index is 1.67. The van der Waals surface area contributed by atoms with Crippen molar-refractivity contribution in [3.05, 3.63) is 42.9 Å². The number of nitrogens with zero attached hydrogens (tertiary/aromatic N) is 4. The van der Waals surface area contributed by atoms with E-state index in [1.807, 2.05) is 34.9 Å². The van der Waals surface area contributed by atoms with Crippen molar-refractivity contribution in [3.63, 3.8) is 0 Å². The largest absolute Gasteiger partial charge is 0.411 e. The van der Waals surface area contributed by atoms with E-state index in [1.165, 1.54) is 11.3 Å². The lowest BCUT2D eigenvalue weighted by atomic mass is 10.3. The van der Waals surface area contributed by atoms with E-state index in [2.05, 4.69) is 15.0 Å². The number of hydrogen-bond acceptors (Lipinski definition) is 7. The van der Waals surface area contributed by atoms with Gasteiger partial charge in [-0.15, -0.1) is 0 Å². The first-order valence-electron chi connectivity index (χ1n) is 6.53. The molecule has 0 bridgehead atoms. The highest BCUT2D eigenvalue weighted by Gasteiger charge is 2.10. The van der Waals surface area contributed by atoms with Gasteiger partial charge < -0.3 is 10.5 Å². The van der Waals surface area contributed by atoms with Crippen molar-refractivity contribution in [1.82, 2.24) is 19.4 Å². The second-order valence-corrected chi connectivity index (χ2v) is 6.61. The van der Waals surface area contributed by atoms with Crippen LogP contribution in [-0.2, 0) is 0 Å². The van der Waals surface area contributed by atoms with Gasteiger partial charge in [0.1, 0.15) is 5.03 Å². The third-order valence-electron chi connectivity index (χ3n) is 3.01. The Morgan fingerprint density at radius 1 is 1.35 bits per heavy atom. The van der Waals surface area contributed by atoms with Gasteiger partial charge in [-0.2, -0.15) is 0 Å². The summed E-state index contributed by atoms with van der Waals surface area (Å²) >= 11 is 2.84. The molecule has 0 atom stereocenters. The minimum absolute atomic E-state index is 0.244. The van der Waals surface area contributed by atoms with E-state index < -0.39 is 6.09 Å². The van der Waals surface area contributed by atoms with Gasteiger partial charge in [0.25, 0.3) is 5.19 Å². The lowest BCUT2D eigenvalue weighted by Gasteiger charge is -2.01. The smallest absolute Gasteiger partial charge is 0.381 e. The Kier molecular flexibility index (Phi) is 3.36. The molecule has 3 aromatic heterocycles. The van der Waals surface area contributed by atoms with Gasteiger partial charge in [0.05, 0.1) is 16.4 Å². The molecule has 23 heavy (non-hydrogen) atoms. The minimum Gasteiger partial charge on any atom is -0.381 e. The van der Waals surface area contributed by atoms with Crippen molar-refractivity contribution in [3.8, 4) is 5.19 Å². The lowest BCUT2D eigenvalue weighted by molar-refractivity contribution is 0.211. The normalized spacial score (nSPS) is 11.1. The van der Waals surface area contributed by atoms with E-state index >= 15 is 0 Å². The highest BCUT2D eigenvalue weighted by molar-refractivity contribution is 7.99. The standard InChI is InChI=1S/C14H9N5O2S2/c15-12(20)21-14-18-9-3-2-8(6-10(9)23-14)22-11-7-17-13-16-4-1-5-19(11)13/h1-7H,(H2,15,20). The number of imidazole rings is 1. The molecule has 2 N–H and O–H groups in total. The Morgan fingerprint density at radius 2 is 2.26 bits per heavy atom. The Labute approximate surface area is 138 Å². The second-order valence-electron chi connectivity index (χ2n) is 4.52. The first-order chi connectivity index (χ1) is 11.2. The summed E-state index contributed by atoms with van der Waals surface area (Å²) in [6.07, 6.45) is 4.55. The number of nitrogens with two attached hydrogens (primary N) is 1. The summed E-state index contributed by atoms with van der Waals surface area (Å²) < 4.78 is 7.65. The molecular formula is C14H9N5O2S2. The van der Waals surface area contributed by atoms with E-state index in [0.29, 0.717) is 5.78 Å². The van der Waals surface area contributed by atoms with E-state index in [1.54, 1.807) is 24.2 Å². The van der Waals surface area contributed by atoms with Crippen LogP contribution < -0.4 is 10.5 Å². The number of primary amides is 1. The third kappa shape index (κ3) is 2.71. The quantitative estimate of drug-likeness (QED) is 0.614. The van der Waals surface area contributed by atoms with Gasteiger partial charge in [0, 0.05) is 17.3 Å². The van der Waals surface area contributed by atoms with E-state index in [4.69, 9.17) is 10.5 Å². The number of hydrogen-bond donors (Lipinski definition) is 1. The molecule has 114 valence electrons. The van der Waals surface area contributed by atoms with Crippen molar-refractivity contribution in [1.29, 1.82) is 0 Å². The molecule has 0 unspecified atom stereocenters. The van der Waals surface area contributed by atoms with Crippen LogP contribution in [0.25, 0.3) is 16.0 Å². The lowest BCUT2D eigenvalue weighted by Crippen LogP contribution is -2.15. The summed E-state index contributed by atoms with van der Waals surface area (Å²) in [6.45, 7) is 0. The maximum Gasteiger partial charge on any atom is 0.411 e. The van der Waals surface area contributed by atoms with Crippen molar-refractivity contribution in [2.24, 2.45) is 5.73 Å². The summed E-state index contributed by atoms with van der Waals surface area (Å²) in [6, 6.07) is 7.68. The van der Waals surface area contributed by atoms with E-state index in [-0.39, 0.29) is 5.19 Å². The predicted octanol–water partition coefficient (Wildman–Crippen LogP) is 2.95. The molecule has 3 heterocycles. The van der Waals surface area contributed by atoms with Gasteiger partial charge in [-0.05, 0) is 24.3 Å². The zero-order valence-electron chi connectivity index (χ0n) is 11.5. The van der Waals surface area contributed by atoms with Gasteiger partial charge in [-0.3, -0.25) is 4.40 Å². The molecule has 1 amide bonds. The zero-order chi connectivity index (χ0) is 15.8. The summed E-state index contributed by atoms with van der Waals surface area (Å²) in [5.41, 5.74) is 5.76. The number of benzene rings is 1. The molecule has 0 spiro atoms. The molecule has 0 radical (unpaired) electrons. The van der Waals surface area contributed by atoms with Crippen LogP contribution in [0, 0.1) is 0 Å². The summed E-state index contributed by atoms with van der Waals surface area (Å²) in [5.74, 6) is 0.658. The number of fused-ring (bicyclic) bond motifs is 2. The molecule has 0 aliphatic rings. The average molecular weight is 343 g/mol. The Hall–Kier alpha value is -2.65. The van der Waals surface area contributed by atoms with Crippen LogP contribution in [0.2, 0.25) is 0 Å². The SMILES string of the molecule is NC(=O)Oc1nc2ccc(Sc3cnc4ncccn34)cc2s1. The van der Waals surface area contributed by atoms with Crippen molar-refractivity contribution >= 4 is 45.2 Å². The number of carbonyl (C=O) groups is 1. The van der Waals surface area contributed by atoms with Crippen LogP contribution in [0.1, 0.15) is 0 Å². The van der Waals surface area contributed by atoms with Crippen LogP contribution in [0.4, 0.5) is 4.79 Å². The maximum atomic E-state index is 10.8. The summed E-state index contributed by atoms with van der Waals surface area (Å²) in [5, 5.41) is 1.21. The Morgan fingerprint density at radius 3 is 3.13 bits per heavy atom. The highest BCUT2D eigenvalue weighted by Crippen LogP contribution is 2.34. The average Bonchev–Trinajstić information content (AvgIpc) is 3.10. The molecular weight excluding hydrogens is 334 g/mol. The van der Waals surface area contributed by atoms with E-state index in [9.17, 15) is 4.79 Å². The predicted molar refractivity (Wildman–Crippen MR) is 86.9 cm³/mol. The molecule has 1 aromatic carbocycles.